The molecule has 1 fully saturated rings. The normalized spacial score (nSPS) is 17.5. The summed E-state index contributed by atoms with van der Waals surface area (Å²) in [4.78, 5) is 24.9. The predicted octanol–water partition coefficient (Wildman–Crippen LogP) is 3.80. The Hall–Kier alpha value is -4.51. The molecule has 1 atom stereocenters. The molecule has 1 aliphatic heterocycles. The van der Waals surface area contributed by atoms with E-state index in [1.807, 2.05) is 18.2 Å². The van der Waals surface area contributed by atoms with Gasteiger partial charge < -0.3 is 19.7 Å². The van der Waals surface area contributed by atoms with Crippen molar-refractivity contribution < 1.29 is 23.8 Å². The number of aromatic nitrogens is 3. The topological polar surface area (TPSA) is 118 Å². The molecule has 36 heavy (non-hydrogen) atoms. The van der Waals surface area contributed by atoms with Crippen molar-refractivity contribution >= 4 is 45.5 Å². The van der Waals surface area contributed by atoms with Gasteiger partial charge in [-0.05, 0) is 53.6 Å². The molecule has 6 rings (SSSR count). The fraction of sp³-hybridized carbons (Fsp3) is 0.120. The van der Waals surface area contributed by atoms with Gasteiger partial charge >= 0.3 is 6.03 Å². The lowest BCUT2D eigenvalue weighted by Crippen LogP contribution is -2.47. The minimum atomic E-state index is -1.51. The van der Waals surface area contributed by atoms with Crippen molar-refractivity contribution in [3.05, 3.63) is 83.8 Å². The van der Waals surface area contributed by atoms with Crippen LogP contribution in [0.15, 0.2) is 66.9 Å². The first-order chi connectivity index (χ1) is 17.4. The van der Waals surface area contributed by atoms with Crippen LogP contribution >= 0.6 is 11.7 Å². The van der Waals surface area contributed by atoms with Gasteiger partial charge in [0.15, 0.2) is 11.4 Å². The Balaban J connectivity index is 1.29. The van der Waals surface area contributed by atoms with E-state index >= 15 is 0 Å². The molecule has 1 unspecified atom stereocenters. The second-order valence-corrected chi connectivity index (χ2v) is 9.05. The van der Waals surface area contributed by atoms with Crippen LogP contribution in [0.5, 0.6) is 11.6 Å². The maximum absolute atomic E-state index is 13.5. The van der Waals surface area contributed by atoms with E-state index in [9.17, 15) is 19.1 Å². The van der Waals surface area contributed by atoms with E-state index in [0.29, 0.717) is 28.7 Å². The number of nitrogens with zero attached hydrogens (tertiary/aromatic N) is 3. The summed E-state index contributed by atoms with van der Waals surface area (Å²) in [6.07, 6.45) is 1.67. The second kappa shape index (κ2) is 8.31. The van der Waals surface area contributed by atoms with Crippen LogP contribution in [0.4, 0.5) is 9.18 Å². The third-order valence-electron chi connectivity index (χ3n) is 6.24. The van der Waals surface area contributed by atoms with Gasteiger partial charge in [-0.15, -0.1) is 0 Å². The number of hydrogen-bond donors (Lipinski definition) is 3. The zero-order chi connectivity index (χ0) is 24.9. The van der Waals surface area contributed by atoms with Gasteiger partial charge in [-0.3, -0.25) is 10.1 Å². The summed E-state index contributed by atoms with van der Waals surface area (Å²) in [7, 11) is 0. The molecule has 0 spiro atoms. The largest absolute Gasteiger partial charge is 0.494 e. The molecule has 3 N–H and O–H groups in total. The predicted molar refractivity (Wildman–Crippen MR) is 130 cm³/mol. The van der Waals surface area contributed by atoms with Gasteiger partial charge in [-0.2, -0.15) is 8.75 Å². The first kappa shape index (κ1) is 22.0. The van der Waals surface area contributed by atoms with Gasteiger partial charge in [0.1, 0.15) is 29.2 Å². The Bertz CT molecular complexity index is 1650. The third kappa shape index (κ3) is 3.69. The number of benzene rings is 3. The van der Waals surface area contributed by atoms with Gasteiger partial charge in [0, 0.05) is 17.0 Å². The highest BCUT2D eigenvalue weighted by atomic mass is 32.1. The lowest BCUT2D eigenvalue weighted by molar-refractivity contribution is -0.124. The van der Waals surface area contributed by atoms with Crippen LogP contribution in [-0.4, -0.2) is 30.4 Å². The number of urea groups is 1. The maximum Gasteiger partial charge on any atom is 0.322 e. The Morgan fingerprint density at radius 2 is 1.83 bits per heavy atom. The molecule has 0 saturated carbocycles. The summed E-state index contributed by atoms with van der Waals surface area (Å²) in [5.74, 6) is -0.541. The molecule has 3 amide bonds. The Kier molecular flexibility index (Phi) is 5.07. The molecule has 0 aliphatic carbocycles. The Morgan fingerprint density at radius 3 is 2.61 bits per heavy atom. The summed E-state index contributed by atoms with van der Waals surface area (Å²) in [6, 6.07) is 15.6. The molecule has 1 saturated heterocycles. The molecule has 11 heteroatoms. The highest BCUT2D eigenvalue weighted by molar-refractivity contribution is 7.00. The molecule has 9 nitrogen and oxygen atoms in total. The maximum atomic E-state index is 13.5. The lowest BCUT2D eigenvalue weighted by Gasteiger charge is -2.27. The first-order valence-electron chi connectivity index (χ1n) is 11.0. The van der Waals surface area contributed by atoms with Gasteiger partial charge in [0.25, 0.3) is 5.91 Å². The van der Waals surface area contributed by atoms with E-state index in [1.165, 1.54) is 28.8 Å². The van der Waals surface area contributed by atoms with Crippen LogP contribution < -0.4 is 15.4 Å². The number of nitrogens with one attached hydrogen (secondary N) is 2. The highest BCUT2D eigenvalue weighted by Crippen LogP contribution is 2.35. The number of hydrogen-bond acceptors (Lipinski definition) is 7. The first-order valence-corrected chi connectivity index (χ1v) is 11.7. The molecule has 1 aliphatic rings. The van der Waals surface area contributed by atoms with E-state index in [-0.39, 0.29) is 12.4 Å². The van der Waals surface area contributed by atoms with E-state index in [2.05, 4.69) is 19.4 Å². The van der Waals surface area contributed by atoms with E-state index < -0.39 is 23.3 Å². The lowest BCUT2D eigenvalue weighted by atomic mass is 9.89. The minimum Gasteiger partial charge on any atom is -0.494 e. The summed E-state index contributed by atoms with van der Waals surface area (Å²) >= 11 is 1.16. The zero-order valence-corrected chi connectivity index (χ0v) is 19.4. The van der Waals surface area contributed by atoms with Crippen molar-refractivity contribution in [3.8, 4) is 11.6 Å². The number of ether oxygens (including phenoxy) is 1. The van der Waals surface area contributed by atoms with Crippen LogP contribution in [0.3, 0.4) is 0 Å². The highest BCUT2D eigenvalue weighted by Gasteiger charge is 2.48. The summed E-state index contributed by atoms with van der Waals surface area (Å²) in [5, 5.41) is 17.0. The zero-order valence-electron chi connectivity index (χ0n) is 18.6. The quantitative estimate of drug-likeness (QED) is 0.303. The number of imide groups is 1. The summed E-state index contributed by atoms with van der Waals surface area (Å²) in [6.45, 7) is 0.222. The van der Waals surface area contributed by atoms with Gasteiger partial charge in [0.2, 0.25) is 0 Å². The van der Waals surface area contributed by atoms with Gasteiger partial charge in [-0.1, -0.05) is 18.2 Å². The number of carbonyl (C=O) groups is 2. The third-order valence-corrected chi connectivity index (χ3v) is 6.80. The van der Waals surface area contributed by atoms with Crippen molar-refractivity contribution in [1.29, 1.82) is 0 Å². The molecule has 3 aromatic carbocycles. The van der Waals surface area contributed by atoms with Crippen LogP contribution in [0.1, 0.15) is 11.1 Å². The molecule has 5 aromatic rings. The van der Waals surface area contributed by atoms with E-state index in [0.717, 1.165) is 28.3 Å². The minimum absolute atomic E-state index is 0.0755. The number of carbonyl (C=O) groups excluding carboxylic acids is 2. The molecule has 3 heterocycles. The van der Waals surface area contributed by atoms with Crippen molar-refractivity contribution in [2.24, 2.45) is 0 Å². The van der Waals surface area contributed by atoms with Crippen LogP contribution in [0.25, 0.3) is 21.8 Å². The molecule has 0 bridgehead atoms. The fourth-order valence-electron chi connectivity index (χ4n) is 4.42. The number of rotatable bonds is 6. The number of aromatic hydroxyl groups is 1. The second-order valence-electron chi connectivity index (χ2n) is 8.53. The molecule has 0 radical (unpaired) electrons. The van der Waals surface area contributed by atoms with E-state index in [1.54, 1.807) is 24.4 Å². The Morgan fingerprint density at radius 1 is 1.03 bits per heavy atom. The van der Waals surface area contributed by atoms with Crippen LogP contribution in [0.2, 0.25) is 0 Å². The van der Waals surface area contributed by atoms with Gasteiger partial charge in [-0.25, -0.2) is 9.18 Å². The average molecular weight is 504 g/mol. The van der Waals surface area contributed by atoms with Crippen molar-refractivity contribution in [1.82, 2.24) is 23.9 Å². The monoisotopic (exact) mass is 503 g/mol. The van der Waals surface area contributed by atoms with Crippen molar-refractivity contribution in [3.63, 3.8) is 0 Å². The van der Waals surface area contributed by atoms with Crippen molar-refractivity contribution in [2.75, 3.05) is 0 Å². The van der Waals surface area contributed by atoms with Gasteiger partial charge in [0.05, 0.1) is 18.3 Å². The van der Waals surface area contributed by atoms with Crippen molar-refractivity contribution in [2.45, 2.75) is 18.7 Å². The summed E-state index contributed by atoms with van der Waals surface area (Å²) < 4.78 is 29.4. The fourth-order valence-corrected chi connectivity index (χ4v) is 4.93. The molecule has 2 aromatic heterocycles. The molecular weight excluding hydrogens is 485 g/mol. The van der Waals surface area contributed by atoms with Crippen LogP contribution in [0, 0.1) is 5.82 Å². The molecule has 180 valence electrons. The van der Waals surface area contributed by atoms with Crippen LogP contribution in [-0.2, 0) is 23.5 Å². The smallest absolute Gasteiger partial charge is 0.322 e. The number of amides is 3. The molecular formula is C25H18FN5O4S. The standard InChI is InChI=1S/C25H18FN5O4S/c26-17-4-2-16(3-5-17)25(23(33)27-24(34)28-25)13-31-11-15-10-18(6-7-19(15)22(31)32)35-12-14-1-8-20-21(9-14)30-36-29-20/h1-11,32H,12-13H2,(H2,27,28,33,34). The van der Waals surface area contributed by atoms with E-state index in [4.69, 9.17) is 4.74 Å². The average Bonchev–Trinajstić information content (AvgIpc) is 3.54. The Labute approximate surface area is 207 Å². The number of halogens is 1. The SMILES string of the molecule is O=C1NC(=O)C(Cn2cc3cc(OCc4ccc5nsnc5c4)ccc3c2O)(c2ccc(F)cc2)N1. The summed E-state index contributed by atoms with van der Waals surface area (Å²) in [5.41, 5.74) is 1.48. The number of fused-ring (bicyclic) bond motifs is 2.